The van der Waals surface area contributed by atoms with E-state index in [0.717, 1.165) is 6.07 Å². The van der Waals surface area contributed by atoms with Crippen molar-refractivity contribution in [1.29, 1.82) is 0 Å². The van der Waals surface area contributed by atoms with Crippen molar-refractivity contribution < 1.29 is 13.2 Å². The van der Waals surface area contributed by atoms with Crippen molar-refractivity contribution in [3.8, 4) is 0 Å². The van der Waals surface area contributed by atoms with E-state index in [4.69, 9.17) is 5.84 Å². The van der Waals surface area contributed by atoms with Crippen molar-refractivity contribution in [2.75, 3.05) is 0 Å². The molecule has 0 aromatic carbocycles. The first-order valence-corrected chi connectivity index (χ1v) is 7.49. The van der Waals surface area contributed by atoms with E-state index in [0.29, 0.717) is 23.7 Å². The number of nitrogens with one attached hydrogen (secondary N) is 1. The fraction of sp³-hybridized carbons (Fsp3) is 0.667. The molecule has 21 heavy (non-hydrogen) atoms. The molecular formula is C15H18F3N3. The smallest absolute Gasteiger partial charge is 0.271 e. The minimum absolute atomic E-state index is 0.200. The molecule has 0 amide bonds. The number of hydrogen-bond acceptors (Lipinski definition) is 3. The van der Waals surface area contributed by atoms with E-state index in [9.17, 15) is 13.2 Å². The first kappa shape index (κ1) is 13.5. The van der Waals surface area contributed by atoms with Crippen molar-refractivity contribution in [3.05, 3.63) is 29.6 Å². The summed E-state index contributed by atoms with van der Waals surface area (Å²) in [6.07, 6.45) is 1.89. The molecule has 3 aliphatic rings. The highest BCUT2D eigenvalue weighted by Crippen LogP contribution is 2.72. The third-order valence-corrected chi connectivity index (χ3v) is 5.85. The lowest BCUT2D eigenvalue weighted by Gasteiger charge is -2.23. The Hall–Kier alpha value is -1.14. The monoisotopic (exact) mass is 297 g/mol. The number of fused-ring (bicyclic) bond motifs is 5. The summed E-state index contributed by atoms with van der Waals surface area (Å²) >= 11 is 0. The molecule has 1 aromatic rings. The lowest BCUT2D eigenvalue weighted by molar-refractivity contribution is -0.138. The number of rotatable bonds is 3. The first-order chi connectivity index (χ1) is 10.0. The Balaban J connectivity index is 1.66. The molecule has 114 valence electrons. The number of nitrogens with zero attached hydrogens (tertiary/aromatic N) is 1. The maximum Gasteiger partial charge on any atom is 0.416 e. The van der Waals surface area contributed by atoms with Crippen LogP contribution >= 0.6 is 0 Å². The van der Waals surface area contributed by atoms with Gasteiger partial charge in [-0.15, -0.1) is 0 Å². The highest BCUT2D eigenvalue weighted by atomic mass is 19.4. The fourth-order valence-corrected chi connectivity index (χ4v) is 5.16. The Kier molecular flexibility index (Phi) is 2.85. The summed E-state index contributed by atoms with van der Waals surface area (Å²) in [6, 6.07) is 0.612. The van der Waals surface area contributed by atoms with Gasteiger partial charge < -0.3 is 0 Å². The van der Waals surface area contributed by atoms with Gasteiger partial charge in [0, 0.05) is 18.0 Å². The van der Waals surface area contributed by atoms with E-state index in [2.05, 4.69) is 10.4 Å². The summed E-state index contributed by atoms with van der Waals surface area (Å²) in [5.74, 6) is 8.39. The highest BCUT2D eigenvalue weighted by Gasteiger charge is 2.67. The summed E-state index contributed by atoms with van der Waals surface area (Å²) < 4.78 is 39.6. The molecule has 5 unspecified atom stereocenters. The van der Waals surface area contributed by atoms with Crippen molar-refractivity contribution >= 4 is 0 Å². The normalized spacial score (nSPS) is 38.4. The predicted octanol–water partition coefficient (Wildman–Crippen LogP) is 2.90. The van der Waals surface area contributed by atoms with Crippen LogP contribution in [0.3, 0.4) is 0 Å². The van der Waals surface area contributed by atoms with Crippen molar-refractivity contribution in [2.24, 2.45) is 35.4 Å². The van der Waals surface area contributed by atoms with Crippen LogP contribution in [-0.4, -0.2) is 4.98 Å². The summed E-state index contributed by atoms with van der Waals surface area (Å²) in [6.45, 7) is 0. The van der Waals surface area contributed by atoms with Gasteiger partial charge in [0.1, 0.15) is 0 Å². The SMILES string of the molecule is NNC(c1cnccc1C(F)(F)F)C1C2C3CCC(C3)C21. The van der Waals surface area contributed by atoms with Crippen LogP contribution in [0.1, 0.15) is 36.4 Å². The zero-order valence-electron chi connectivity index (χ0n) is 11.5. The molecular weight excluding hydrogens is 279 g/mol. The van der Waals surface area contributed by atoms with E-state index < -0.39 is 17.8 Å². The van der Waals surface area contributed by atoms with Gasteiger partial charge in [-0.1, -0.05) is 0 Å². The van der Waals surface area contributed by atoms with Gasteiger partial charge in [0.25, 0.3) is 0 Å². The van der Waals surface area contributed by atoms with Crippen LogP contribution in [0.2, 0.25) is 0 Å². The predicted molar refractivity (Wildman–Crippen MR) is 70.6 cm³/mol. The zero-order chi connectivity index (χ0) is 14.8. The van der Waals surface area contributed by atoms with Gasteiger partial charge in [-0.2, -0.15) is 13.2 Å². The van der Waals surface area contributed by atoms with Crippen LogP contribution in [0.15, 0.2) is 18.5 Å². The molecule has 3 nitrogen and oxygen atoms in total. The molecule has 0 radical (unpaired) electrons. The van der Waals surface area contributed by atoms with E-state index >= 15 is 0 Å². The lowest BCUT2D eigenvalue weighted by Crippen LogP contribution is -2.33. The molecule has 4 rings (SSSR count). The molecule has 6 heteroatoms. The van der Waals surface area contributed by atoms with Crippen LogP contribution in [0, 0.1) is 29.6 Å². The molecule has 2 bridgehead atoms. The standard InChI is InChI=1S/C15H18F3N3/c16-15(17,18)10-3-4-20-6-9(10)14(21-19)13-11-7-1-2-8(5-7)12(11)13/h3-4,6-8,11-14,21H,1-2,5,19H2. The van der Waals surface area contributed by atoms with Gasteiger partial charge in [-0.05, 0) is 54.9 Å². The fourth-order valence-electron chi connectivity index (χ4n) is 5.16. The molecule has 1 aromatic heterocycles. The number of pyridine rings is 1. The third-order valence-electron chi connectivity index (χ3n) is 5.85. The summed E-state index contributed by atoms with van der Waals surface area (Å²) in [5.41, 5.74) is 2.24. The van der Waals surface area contributed by atoms with Crippen LogP contribution < -0.4 is 11.3 Å². The molecule has 3 aliphatic carbocycles. The largest absolute Gasteiger partial charge is 0.416 e. The molecule has 5 atom stereocenters. The zero-order valence-corrected chi connectivity index (χ0v) is 11.5. The minimum atomic E-state index is -4.36. The second-order valence-corrected chi connectivity index (χ2v) is 6.67. The van der Waals surface area contributed by atoms with Gasteiger partial charge in [0.15, 0.2) is 0 Å². The maximum atomic E-state index is 13.2. The number of nitrogens with two attached hydrogens (primary N) is 1. The molecule has 1 heterocycles. The average Bonchev–Trinajstić information content (AvgIpc) is 2.87. The second-order valence-electron chi connectivity index (χ2n) is 6.67. The third kappa shape index (κ3) is 1.92. The summed E-state index contributed by atoms with van der Waals surface area (Å²) in [4.78, 5) is 3.89. The maximum absolute atomic E-state index is 13.2. The van der Waals surface area contributed by atoms with Crippen molar-refractivity contribution in [2.45, 2.75) is 31.5 Å². The Morgan fingerprint density at radius 2 is 1.90 bits per heavy atom. The lowest BCUT2D eigenvalue weighted by atomic mass is 9.91. The van der Waals surface area contributed by atoms with Gasteiger partial charge >= 0.3 is 6.18 Å². The van der Waals surface area contributed by atoms with Crippen molar-refractivity contribution in [3.63, 3.8) is 0 Å². The van der Waals surface area contributed by atoms with Gasteiger partial charge in [-0.25, -0.2) is 0 Å². The number of hydrazine groups is 1. The molecule has 3 N–H and O–H groups in total. The van der Waals surface area contributed by atoms with E-state index in [1.54, 1.807) is 0 Å². The van der Waals surface area contributed by atoms with Crippen LogP contribution in [0.25, 0.3) is 0 Å². The minimum Gasteiger partial charge on any atom is -0.271 e. The van der Waals surface area contributed by atoms with Gasteiger partial charge in [0.05, 0.1) is 11.6 Å². The first-order valence-electron chi connectivity index (χ1n) is 7.49. The summed E-state index contributed by atoms with van der Waals surface area (Å²) in [5, 5.41) is 0. The highest BCUT2D eigenvalue weighted by molar-refractivity contribution is 5.32. The molecule has 0 aliphatic heterocycles. The molecule has 0 spiro atoms. The van der Waals surface area contributed by atoms with Crippen molar-refractivity contribution in [1.82, 2.24) is 10.4 Å². The molecule has 0 saturated heterocycles. The summed E-state index contributed by atoms with van der Waals surface area (Å²) in [7, 11) is 0. The Labute approximate surface area is 121 Å². The Morgan fingerprint density at radius 1 is 1.24 bits per heavy atom. The topological polar surface area (TPSA) is 50.9 Å². The number of aromatic nitrogens is 1. The van der Waals surface area contributed by atoms with E-state index in [1.165, 1.54) is 31.7 Å². The Bertz CT molecular complexity index is 543. The molecule has 3 fully saturated rings. The number of halogens is 3. The number of hydrogen-bond donors (Lipinski definition) is 2. The number of alkyl halides is 3. The van der Waals surface area contributed by atoms with E-state index in [1.807, 2.05) is 0 Å². The van der Waals surface area contributed by atoms with Crippen LogP contribution in [0.5, 0.6) is 0 Å². The van der Waals surface area contributed by atoms with Crippen LogP contribution in [0.4, 0.5) is 13.2 Å². The Morgan fingerprint density at radius 3 is 2.48 bits per heavy atom. The average molecular weight is 297 g/mol. The quantitative estimate of drug-likeness (QED) is 0.666. The van der Waals surface area contributed by atoms with Crippen LogP contribution in [-0.2, 0) is 6.18 Å². The van der Waals surface area contributed by atoms with Gasteiger partial charge in [-0.3, -0.25) is 16.3 Å². The van der Waals surface area contributed by atoms with Gasteiger partial charge in [0.2, 0.25) is 0 Å². The van der Waals surface area contributed by atoms with E-state index in [-0.39, 0.29) is 11.5 Å². The molecule has 3 saturated carbocycles. The second kappa shape index (κ2) is 4.43.